The molecule has 2 rings (SSSR count). The Labute approximate surface area is 110 Å². The van der Waals surface area contributed by atoms with Crippen LogP contribution >= 0.6 is 0 Å². The van der Waals surface area contributed by atoms with Gasteiger partial charge in [-0.2, -0.15) is 0 Å². The van der Waals surface area contributed by atoms with Gasteiger partial charge in [-0.25, -0.2) is 4.98 Å². The molecule has 0 aromatic carbocycles. The number of anilines is 1. The highest BCUT2D eigenvalue weighted by atomic mass is 15.2. The van der Waals surface area contributed by atoms with Gasteiger partial charge in [-0.3, -0.25) is 0 Å². The number of nitrogens with two attached hydrogens (primary N) is 1. The lowest BCUT2D eigenvalue weighted by Crippen LogP contribution is -2.22. The third-order valence-electron chi connectivity index (χ3n) is 3.86. The van der Waals surface area contributed by atoms with Gasteiger partial charge in [-0.1, -0.05) is 19.9 Å². The van der Waals surface area contributed by atoms with Crippen LogP contribution in [-0.4, -0.2) is 24.1 Å². The number of aromatic nitrogens is 1. The monoisotopic (exact) mass is 247 g/mol. The van der Waals surface area contributed by atoms with Crippen molar-refractivity contribution in [3.05, 3.63) is 23.9 Å². The van der Waals surface area contributed by atoms with E-state index in [1.807, 2.05) is 13.1 Å². The molecule has 1 fully saturated rings. The first kappa shape index (κ1) is 13.3. The van der Waals surface area contributed by atoms with Crippen molar-refractivity contribution in [3.8, 4) is 0 Å². The van der Waals surface area contributed by atoms with Gasteiger partial charge in [0.05, 0.1) is 0 Å². The first-order valence-corrected chi connectivity index (χ1v) is 7.01. The van der Waals surface area contributed by atoms with Crippen LogP contribution in [0.3, 0.4) is 0 Å². The van der Waals surface area contributed by atoms with E-state index in [4.69, 9.17) is 5.73 Å². The van der Waals surface area contributed by atoms with Crippen LogP contribution in [0.25, 0.3) is 0 Å². The summed E-state index contributed by atoms with van der Waals surface area (Å²) in [6, 6.07) is 4.50. The van der Waals surface area contributed by atoms with Gasteiger partial charge >= 0.3 is 0 Å². The van der Waals surface area contributed by atoms with Gasteiger partial charge in [0.25, 0.3) is 0 Å². The van der Waals surface area contributed by atoms with Crippen LogP contribution in [0.2, 0.25) is 0 Å². The molecule has 2 N–H and O–H groups in total. The minimum absolute atomic E-state index is 0.203. The largest absolute Gasteiger partial charge is 0.356 e. The number of pyridine rings is 1. The molecular formula is C15H25N3. The molecule has 2 atom stereocenters. The lowest BCUT2D eigenvalue weighted by molar-refractivity contribution is 0.422. The molecule has 0 bridgehead atoms. The van der Waals surface area contributed by atoms with Crippen molar-refractivity contribution in [3.63, 3.8) is 0 Å². The fraction of sp³-hybridized carbons (Fsp3) is 0.667. The van der Waals surface area contributed by atoms with Gasteiger partial charge < -0.3 is 10.6 Å². The molecule has 0 spiro atoms. The zero-order valence-electron chi connectivity index (χ0n) is 11.8. The molecular weight excluding hydrogens is 222 g/mol. The first-order valence-electron chi connectivity index (χ1n) is 7.01. The van der Waals surface area contributed by atoms with Crippen LogP contribution in [0, 0.1) is 11.8 Å². The summed E-state index contributed by atoms with van der Waals surface area (Å²) in [7, 11) is 0. The predicted octanol–water partition coefficient (Wildman–Crippen LogP) is 2.45. The van der Waals surface area contributed by atoms with E-state index in [1.54, 1.807) is 0 Å². The molecule has 0 radical (unpaired) electrons. The van der Waals surface area contributed by atoms with Gasteiger partial charge in [-0.05, 0) is 43.2 Å². The zero-order valence-corrected chi connectivity index (χ0v) is 11.8. The molecule has 18 heavy (non-hydrogen) atoms. The second-order valence-corrected chi connectivity index (χ2v) is 5.94. The van der Waals surface area contributed by atoms with Crippen molar-refractivity contribution in [1.29, 1.82) is 0 Å². The molecule has 0 saturated carbocycles. The topological polar surface area (TPSA) is 42.1 Å². The smallest absolute Gasteiger partial charge is 0.128 e. The fourth-order valence-corrected chi connectivity index (χ4v) is 2.64. The Hall–Kier alpha value is -1.09. The highest BCUT2D eigenvalue weighted by molar-refractivity contribution is 5.40. The van der Waals surface area contributed by atoms with E-state index in [0.717, 1.165) is 37.2 Å². The van der Waals surface area contributed by atoms with E-state index < -0.39 is 0 Å². The average molecular weight is 247 g/mol. The van der Waals surface area contributed by atoms with E-state index >= 15 is 0 Å². The van der Waals surface area contributed by atoms with Crippen molar-refractivity contribution < 1.29 is 0 Å². The second-order valence-electron chi connectivity index (χ2n) is 5.94. The molecule has 0 aliphatic carbocycles. The maximum absolute atomic E-state index is 5.80. The van der Waals surface area contributed by atoms with Crippen molar-refractivity contribution >= 4 is 5.82 Å². The number of nitrogens with zero attached hydrogens (tertiary/aromatic N) is 2. The molecule has 3 heteroatoms. The summed E-state index contributed by atoms with van der Waals surface area (Å²) in [6.45, 7) is 8.95. The average Bonchev–Trinajstić information content (AvgIpc) is 2.78. The van der Waals surface area contributed by atoms with E-state index in [0.29, 0.717) is 0 Å². The van der Waals surface area contributed by atoms with Crippen molar-refractivity contribution in [1.82, 2.24) is 4.98 Å². The summed E-state index contributed by atoms with van der Waals surface area (Å²) in [6.07, 6.45) is 4.17. The van der Waals surface area contributed by atoms with E-state index in [2.05, 4.69) is 35.9 Å². The standard InChI is InChI=1S/C15H25N3/c1-11(2)14-6-7-18(10-14)15-5-4-13(9-17-15)8-12(3)16/h4-5,9,11-12,14H,6-8,10,16H2,1-3H3. The Kier molecular flexibility index (Phi) is 4.23. The molecule has 2 unspecified atom stereocenters. The molecule has 1 aliphatic rings. The van der Waals surface area contributed by atoms with Crippen LogP contribution < -0.4 is 10.6 Å². The van der Waals surface area contributed by atoms with E-state index in [9.17, 15) is 0 Å². The minimum atomic E-state index is 0.203. The fourth-order valence-electron chi connectivity index (χ4n) is 2.64. The SMILES string of the molecule is CC(N)Cc1ccc(N2CCC(C(C)C)C2)nc1. The Balaban J connectivity index is 1.98. The Morgan fingerprint density at radius 2 is 2.17 bits per heavy atom. The van der Waals surface area contributed by atoms with Gasteiger partial charge in [0.1, 0.15) is 5.82 Å². The summed E-state index contributed by atoms with van der Waals surface area (Å²) in [4.78, 5) is 6.98. The Bertz CT molecular complexity index is 370. The predicted molar refractivity (Wildman–Crippen MR) is 76.7 cm³/mol. The summed E-state index contributed by atoms with van der Waals surface area (Å²) < 4.78 is 0. The first-order chi connectivity index (χ1) is 8.56. The second kappa shape index (κ2) is 5.70. The maximum atomic E-state index is 5.80. The molecule has 2 heterocycles. The third-order valence-corrected chi connectivity index (χ3v) is 3.86. The number of hydrogen-bond donors (Lipinski definition) is 1. The van der Waals surface area contributed by atoms with Crippen molar-refractivity contribution in [2.75, 3.05) is 18.0 Å². The van der Waals surface area contributed by atoms with Crippen molar-refractivity contribution in [2.45, 2.75) is 39.7 Å². The normalized spacial score (nSPS) is 21.6. The van der Waals surface area contributed by atoms with Crippen LogP contribution in [0.1, 0.15) is 32.8 Å². The molecule has 1 aromatic heterocycles. The molecule has 0 amide bonds. The van der Waals surface area contributed by atoms with Gasteiger partial charge in [0.15, 0.2) is 0 Å². The van der Waals surface area contributed by atoms with Crippen LogP contribution in [0.4, 0.5) is 5.82 Å². The summed E-state index contributed by atoms with van der Waals surface area (Å²) >= 11 is 0. The lowest BCUT2D eigenvalue weighted by Gasteiger charge is -2.19. The van der Waals surface area contributed by atoms with Crippen LogP contribution in [0.5, 0.6) is 0 Å². The molecule has 1 aliphatic heterocycles. The molecule has 1 saturated heterocycles. The summed E-state index contributed by atoms with van der Waals surface area (Å²) in [5.41, 5.74) is 7.03. The van der Waals surface area contributed by atoms with Crippen LogP contribution in [0.15, 0.2) is 18.3 Å². The van der Waals surface area contributed by atoms with E-state index in [-0.39, 0.29) is 6.04 Å². The van der Waals surface area contributed by atoms with Crippen LogP contribution in [-0.2, 0) is 6.42 Å². The van der Waals surface area contributed by atoms with E-state index in [1.165, 1.54) is 12.0 Å². The van der Waals surface area contributed by atoms with Gasteiger partial charge in [0, 0.05) is 25.3 Å². The highest BCUT2D eigenvalue weighted by Gasteiger charge is 2.25. The minimum Gasteiger partial charge on any atom is -0.356 e. The molecule has 1 aromatic rings. The zero-order chi connectivity index (χ0) is 13.1. The summed E-state index contributed by atoms with van der Waals surface area (Å²) in [5, 5.41) is 0. The Morgan fingerprint density at radius 1 is 1.39 bits per heavy atom. The number of hydrogen-bond acceptors (Lipinski definition) is 3. The number of rotatable bonds is 4. The third kappa shape index (κ3) is 3.22. The van der Waals surface area contributed by atoms with Gasteiger partial charge in [0.2, 0.25) is 0 Å². The highest BCUT2D eigenvalue weighted by Crippen LogP contribution is 2.27. The quantitative estimate of drug-likeness (QED) is 0.888. The lowest BCUT2D eigenvalue weighted by atomic mass is 9.95. The molecule has 3 nitrogen and oxygen atoms in total. The van der Waals surface area contributed by atoms with Crippen molar-refractivity contribution in [2.24, 2.45) is 17.6 Å². The maximum Gasteiger partial charge on any atom is 0.128 e. The van der Waals surface area contributed by atoms with Gasteiger partial charge in [-0.15, -0.1) is 0 Å². The Morgan fingerprint density at radius 3 is 2.67 bits per heavy atom. The summed E-state index contributed by atoms with van der Waals surface area (Å²) in [5.74, 6) is 2.70. The molecule has 100 valence electrons.